The smallest absolute Gasteiger partial charge is 0.347 e. The van der Waals surface area contributed by atoms with Crippen LogP contribution in [0.15, 0.2) is 44.0 Å². The van der Waals surface area contributed by atoms with Crippen LogP contribution in [0, 0.1) is 20.8 Å². The van der Waals surface area contributed by atoms with Gasteiger partial charge in [-0.05, 0) is 83.7 Å². The number of fused-ring (bicyclic) bond motifs is 2. The number of nitrogens with zero attached hydrogens (tertiary/aromatic N) is 1. The largest absolute Gasteiger partial charge is 0.421 e. The van der Waals surface area contributed by atoms with Crippen LogP contribution in [0.1, 0.15) is 16.7 Å². The molecule has 5 heteroatoms. The van der Waals surface area contributed by atoms with Crippen molar-refractivity contribution in [1.82, 2.24) is 9.97 Å². The van der Waals surface area contributed by atoms with E-state index in [4.69, 9.17) is 4.42 Å². The second kappa shape index (κ2) is 5.31. The van der Waals surface area contributed by atoms with Gasteiger partial charge in [0.05, 0.1) is 15.5 Å². The maximum atomic E-state index is 12.4. The molecular formula is C19H15BrN2O2. The molecule has 4 nitrogen and oxygen atoms in total. The number of hydrogen-bond donors (Lipinski definition) is 1. The first-order valence-electron chi connectivity index (χ1n) is 7.64. The molecule has 0 radical (unpaired) electrons. The molecule has 0 aliphatic carbocycles. The number of benzene rings is 2. The molecule has 0 fully saturated rings. The van der Waals surface area contributed by atoms with Gasteiger partial charge in [0.25, 0.3) is 0 Å². The molecular weight excluding hydrogens is 368 g/mol. The number of hydrogen-bond acceptors (Lipinski definition) is 3. The summed E-state index contributed by atoms with van der Waals surface area (Å²) in [4.78, 5) is 20.2. The highest BCUT2D eigenvalue weighted by Gasteiger charge is 2.14. The molecule has 4 aromatic rings. The fraction of sp³-hybridized carbons (Fsp3) is 0.158. The highest BCUT2D eigenvalue weighted by Crippen LogP contribution is 2.28. The van der Waals surface area contributed by atoms with E-state index in [9.17, 15) is 4.79 Å². The van der Waals surface area contributed by atoms with Crippen molar-refractivity contribution in [3.05, 3.63) is 61.9 Å². The number of aromatic amines is 1. The van der Waals surface area contributed by atoms with Crippen LogP contribution in [0.25, 0.3) is 33.4 Å². The highest BCUT2D eigenvalue weighted by atomic mass is 79.9. The number of rotatable bonds is 1. The molecule has 0 aliphatic rings. The standard InChI is InChI=1S/C19H15BrN2O2/c1-9-4-12-8-13(19(23)24-17(12)14(20)5-9)18-21-15-6-10(2)11(3)7-16(15)22-18/h4-8H,1-3H3,(H,21,22). The Morgan fingerprint density at radius 3 is 2.58 bits per heavy atom. The molecule has 0 spiro atoms. The minimum Gasteiger partial charge on any atom is -0.421 e. The Kier molecular flexibility index (Phi) is 3.35. The van der Waals surface area contributed by atoms with Crippen molar-refractivity contribution in [3.8, 4) is 11.4 Å². The summed E-state index contributed by atoms with van der Waals surface area (Å²) in [7, 11) is 0. The van der Waals surface area contributed by atoms with Gasteiger partial charge < -0.3 is 9.40 Å². The maximum Gasteiger partial charge on any atom is 0.347 e. The third kappa shape index (κ3) is 2.36. The summed E-state index contributed by atoms with van der Waals surface area (Å²) in [6, 6.07) is 9.82. The first-order chi connectivity index (χ1) is 11.4. The number of imidazole rings is 1. The minimum atomic E-state index is -0.403. The number of halogens is 1. The van der Waals surface area contributed by atoms with Crippen LogP contribution in [-0.2, 0) is 0 Å². The molecule has 24 heavy (non-hydrogen) atoms. The Morgan fingerprint density at radius 2 is 1.79 bits per heavy atom. The summed E-state index contributed by atoms with van der Waals surface area (Å²) in [5.41, 5.74) is 5.79. The molecule has 2 heterocycles. The van der Waals surface area contributed by atoms with Gasteiger partial charge in [0, 0.05) is 5.39 Å². The van der Waals surface area contributed by atoms with E-state index in [1.807, 2.05) is 44.2 Å². The average molecular weight is 383 g/mol. The van der Waals surface area contributed by atoms with Crippen molar-refractivity contribution >= 4 is 37.9 Å². The average Bonchev–Trinajstić information content (AvgIpc) is 2.90. The molecule has 120 valence electrons. The lowest BCUT2D eigenvalue weighted by molar-refractivity contribution is 0.561. The predicted octanol–water partition coefficient (Wildman–Crippen LogP) is 5.02. The summed E-state index contributed by atoms with van der Waals surface area (Å²) < 4.78 is 6.29. The van der Waals surface area contributed by atoms with Crippen LogP contribution in [0.4, 0.5) is 0 Å². The number of aromatic nitrogens is 2. The molecule has 2 aromatic heterocycles. The van der Waals surface area contributed by atoms with Gasteiger partial charge in [-0.3, -0.25) is 0 Å². The van der Waals surface area contributed by atoms with Crippen molar-refractivity contribution in [1.29, 1.82) is 0 Å². The molecule has 0 unspecified atom stereocenters. The Morgan fingerprint density at radius 1 is 1.04 bits per heavy atom. The van der Waals surface area contributed by atoms with Crippen LogP contribution in [0.2, 0.25) is 0 Å². The second-order valence-electron chi connectivity index (χ2n) is 6.15. The number of nitrogens with one attached hydrogen (secondary N) is 1. The van der Waals surface area contributed by atoms with Crippen LogP contribution in [0.5, 0.6) is 0 Å². The van der Waals surface area contributed by atoms with Crippen molar-refractivity contribution in [2.75, 3.05) is 0 Å². The van der Waals surface area contributed by atoms with E-state index in [1.54, 1.807) is 0 Å². The van der Waals surface area contributed by atoms with E-state index in [0.29, 0.717) is 17.0 Å². The zero-order valence-corrected chi connectivity index (χ0v) is 15.1. The van der Waals surface area contributed by atoms with Gasteiger partial charge in [-0.1, -0.05) is 0 Å². The molecule has 2 aromatic carbocycles. The quantitative estimate of drug-likeness (QED) is 0.470. The molecule has 0 amide bonds. The third-order valence-corrected chi connectivity index (χ3v) is 4.87. The van der Waals surface area contributed by atoms with Gasteiger partial charge in [-0.25, -0.2) is 9.78 Å². The van der Waals surface area contributed by atoms with Gasteiger partial charge in [0.2, 0.25) is 0 Å². The Labute approximate surface area is 146 Å². The molecule has 1 N–H and O–H groups in total. The molecule has 0 saturated carbocycles. The van der Waals surface area contributed by atoms with Crippen molar-refractivity contribution in [2.24, 2.45) is 0 Å². The minimum absolute atomic E-state index is 0.403. The summed E-state index contributed by atoms with van der Waals surface area (Å²) >= 11 is 3.45. The molecule has 0 saturated heterocycles. The summed E-state index contributed by atoms with van der Waals surface area (Å²) in [5.74, 6) is 0.531. The topological polar surface area (TPSA) is 58.9 Å². The van der Waals surface area contributed by atoms with Crippen LogP contribution < -0.4 is 5.63 Å². The van der Waals surface area contributed by atoms with Gasteiger partial charge in [-0.2, -0.15) is 0 Å². The van der Waals surface area contributed by atoms with E-state index in [0.717, 1.165) is 26.5 Å². The zero-order chi connectivity index (χ0) is 17.0. The monoisotopic (exact) mass is 382 g/mol. The highest BCUT2D eigenvalue weighted by molar-refractivity contribution is 9.10. The molecule has 0 aliphatic heterocycles. The van der Waals surface area contributed by atoms with E-state index >= 15 is 0 Å². The van der Waals surface area contributed by atoms with E-state index < -0.39 is 5.63 Å². The van der Waals surface area contributed by atoms with Crippen LogP contribution >= 0.6 is 15.9 Å². The molecule has 0 atom stereocenters. The lowest BCUT2D eigenvalue weighted by Gasteiger charge is -2.03. The summed E-state index contributed by atoms with van der Waals surface area (Å²) in [5, 5.41) is 0.865. The predicted molar refractivity (Wildman–Crippen MR) is 99.5 cm³/mol. The maximum absolute atomic E-state index is 12.4. The van der Waals surface area contributed by atoms with E-state index in [2.05, 4.69) is 32.8 Å². The first-order valence-corrected chi connectivity index (χ1v) is 8.43. The van der Waals surface area contributed by atoms with Gasteiger partial charge in [0.15, 0.2) is 5.58 Å². The van der Waals surface area contributed by atoms with Gasteiger partial charge >= 0.3 is 5.63 Å². The summed E-state index contributed by atoms with van der Waals surface area (Å²) in [6.07, 6.45) is 0. The Hall–Kier alpha value is -2.40. The van der Waals surface area contributed by atoms with Crippen molar-refractivity contribution < 1.29 is 4.42 Å². The Balaban J connectivity index is 1.99. The first kappa shape index (κ1) is 15.1. The summed E-state index contributed by atoms with van der Waals surface area (Å²) in [6.45, 7) is 6.11. The molecule has 4 rings (SSSR count). The second-order valence-corrected chi connectivity index (χ2v) is 7.01. The Bertz CT molecular complexity index is 1130. The SMILES string of the molecule is Cc1cc(Br)c2oc(=O)c(-c3nc4cc(C)c(C)cc4[nH]3)cc2c1. The number of H-pyrrole nitrogens is 1. The molecule has 0 bridgehead atoms. The van der Waals surface area contributed by atoms with Crippen LogP contribution in [0.3, 0.4) is 0 Å². The fourth-order valence-electron chi connectivity index (χ4n) is 2.89. The lowest BCUT2D eigenvalue weighted by Crippen LogP contribution is -2.04. The lowest BCUT2D eigenvalue weighted by atomic mass is 10.1. The van der Waals surface area contributed by atoms with E-state index in [1.165, 1.54) is 11.1 Å². The third-order valence-electron chi connectivity index (χ3n) is 4.28. The van der Waals surface area contributed by atoms with Gasteiger partial charge in [0.1, 0.15) is 11.4 Å². The fourth-order valence-corrected chi connectivity index (χ4v) is 3.57. The van der Waals surface area contributed by atoms with Crippen molar-refractivity contribution in [2.45, 2.75) is 20.8 Å². The van der Waals surface area contributed by atoms with Gasteiger partial charge in [-0.15, -0.1) is 0 Å². The van der Waals surface area contributed by atoms with Crippen LogP contribution in [-0.4, -0.2) is 9.97 Å². The van der Waals surface area contributed by atoms with Crippen molar-refractivity contribution in [3.63, 3.8) is 0 Å². The zero-order valence-electron chi connectivity index (χ0n) is 13.5. The number of aryl methyl sites for hydroxylation is 3. The normalized spacial score (nSPS) is 11.5. The van der Waals surface area contributed by atoms with E-state index in [-0.39, 0.29) is 0 Å².